The first-order valence-electron chi connectivity index (χ1n) is 5.94. The molecule has 6 nitrogen and oxygen atoms in total. The minimum Gasteiger partial charge on any atom is -0.506 e. The van der Waals surface area contributed by atoms with Crippen LogP contribution < -0.4 is 5.32 Å². The van der Waals surface area contributed by atoms with Crippen LogP contribution in [0.15, 0.2) is 36.4 Å². The lowest BCUT2D eigenvalue weighted by Crippen LogP contribution is -2.14. The summed E-state index contributed by atoms with van der Waals surface area (Å²) in [5.74, 6) is -0.729. The van der Waals surface area contributed by atoms with Crippen molar-refractivity contribution < 1.29 is 14.8 Å². The van der Waals surface area contributed by atoms with Gasteiger partial charge in [-0.15, -0.1) is 0 Å². The van der Waals surface area contributed by atoms with Gasteiger partial charge >= 0.3 is 0 Å². The van der Waals surface area contributed by atoms with Gasteiger partial charge in [-0.1, -0.05) is 12.1 Å². The number of hydrogen-bond acceptors (Lipinski definition) is 4. The van der Waals surface area contributed by atoms with Crippen molar-refractivity contribution >= 4 is 39.9 Å². The normalized spacial score (nSPS) is 10.2. The number of nitro benzene ring substituents is 1. The molecule has 2 aromatic carbocycles. The fourth-order valence-corrected chi connectivity index (χ4v) is 2.36. The summed E-state index contributed by atoms with van der Waals surface area (Å²) < 4.78 is 0.814. The predicted molar refractivity (Wildman–Crippen MR) is 86.6 cm³/mol. The standard InChI is InChI=1S/C14H11IN2O4/c1-8-3-2-4-10(13(8)15)14(19)16-11-6-5-9(17(20)21)7-12(11)18/h2-7,18H,1H3,(H,16,19). The Kier molecular flexibility index (Phi) is 4.41. The van der Waals surface area contributed by atoms with Crippen molar-refractivity contribution in [3.63, 3.8) is 0 Å². The van der Waals surface area contributed by atoms with E-state index < -0.39 is 4.92 Å². The summed E-state index contributed by atoms with van der Waals surface area (Å²) in [7, 11) is 0. The number of phenols is 1. The molecule has 0 unspecified atom stereocenters. The molecule has 1 amide bonds. The number of aromatic hydroxyl groups is 1. The Morgan fingerprint density at radius 3 is 2.67 bits per heavy atom. The van der Waals surface area contributed by atoms with E-state index in [0.717, 1.165) is 15.2 Å². The van der Waals surface area contributed by atoms with Gasteiger partial charge in [0, 0.05) is 9.64 Å². The number of anilines is 1. The van der Waals surface area contributed by atoms with E-state index in [2.05, 4.69) is 27.9 Å². The SMILES string of the molecule is Cc1cccc(C(=O)Nc2ccc([N+](=O)[O-])cc2O)c1I. The van der Waals surface area contributed by atoms with E-state index in [1.54, 1.807) is 12.1 Å². The number of nitro groups is 1. The predicted octanol–water partition coefficient (Wildman–Crippen LogP) is 3.47. The largest absolute Gasteiger partial charge is 0.506 e. The quantitative estimate of drug-likeness (QED) is 0.359. The minimum absolute atomic E-state index is 0.128. The summed E-state index contributed by atoms with van der Waals surface area (Å²) in [6.07, 6.45) is 0. The third-order valence-corrected chi connectivity index (χ3v) is 4.31. The van der Waals surface area contributed by atoms with Crippen molar-refractivity contribution in [2.24, 2.45) is 0 Å². The molecule has 0 fully saturated rings. The number of carbonyl (C=O) groups is 1. The summed E-state index contributed by atoms with van der Waals surface area (Å²) >= 11 is 2.07. The molecule has 0 saturated heterocycles. The van der Waals surface area contributed by atoms with Gasteiger partial charge in [-0.2, -0.15) is 0 Å². The molecule has 0 bridgehead atoms. The molecule has 0 aliphatic carbocycles. The molecule has 0 spiro atoms. The molecule has 2 rings (SSSR count). The number of phenolic OH excluding ortho intramolecular Hbond substituents is 1. The number of halogens is 1. The molecular formula is C14H11IN2O4. The molecule has 7 heteroatoms. The summed E-state index contributed by atoms with van der Waals surface area (Å²) in [6.45, 7) is 1.89. The molecule has 0 saturated carbocycles. The van der Waals surface area contributed by atoms with E-state index in [1.807, 2.05) is 13.0 Å². The third kappa shape index (κ3) is 3.30. The summed E-state index contributed by atoms with van der Waals surface area (Å²) in [6, 6.07) is 8.85. The van der Waals surface area contributed by atoms with E-state index >= 15 is 0 Å². The topological polar surface area (TPSA) is 92.5 Å². The minimum atomic E-state index is -0.616. The van der Waals surface area contributed by atoms with Gasteiger partial charge in [0.25, 0.3) is 11.6 Å². The average Bonchev–Trinajstić information content (AvgIpc) is 2.43. The van der Waals surface area contributed by atoms with Gasteiger partial charge in [0.2, 0.25) is 0 Å². The lowest BCUT2D eigenvalue weighted by atomic mass is 10.1. The number of rotatable bonds is 3. The van der Waals surface area contributed by atoms with E-state index in [9.17, 15) is 20.0 Å². The average molecular weight is 398 g/mol. The first-order valence-corrected chi connectivity index (χ1v) is 7.02. The van der Waals surface area contributed by atoms with Crippen LogP contribution >= 0.6 is 22.6 Å². The Bertz CT molecular complexity index is 731. The molecular weight excluding hydrogens is 387 g/mol. The number of hydrogen-bond donors (Lipinski definition) is 2. The Hall–Kier alpha value is -2.16. The second kappa shape index (κ2) is 6.08. The van der Waals surface area contributed by atoms with E-state index in [0.29, 0.717) is 5.56 Å². The van der Waals surface area contributed by atoms with Crippen LogP contribution in [-0.2, 0) is 0 Å². The molecule has 2 N–H and O–H groups in total. The van der Waals surface area contributed by atoms with Gasteiger partial charge in [0.05, 0.1) is 22.2 Å². The molecule has 0 aliphatic rings. The van der Waals surface area contributed by atoms with Crippen LogP contribution in [-0.4, -0.2) is 15.9 Å². The van der Waals surface area contributed by atoms with Crippen LogP contribution in [0.3, 0.4) is 0 Å². The van der Waals surface area contributed by atoms with Crippen LogP contribution in [0.1, 0.15) is 15.9 Å². The highest BCUT2D eigenvalue weighted by atomic mass is 127. The van der Waals surface area contributed by atoms with E-state index in [4.69, 9.17) is 0 Å². The summed E-state index contributed by atoms with van der Waals surface area (Å²) in [5, 5.41) is 22.9. The third-order valence-electron chi connectivity index (χ3n) is 2.88. The van der Waals surface area contributed by atoms with Crippen molar-refractivity contribution in [3.05, 3.63) is 61.2 Å². The smallest absolute Gasteiger partial charge is 0.273 e. The second-order valence-corrected chi connectivity index (χ2v) is 5.43. The van der Waals surface area contributed by atoms with E-state index in [1.165, 1.54) is 12.1 Å². The van der Waals surface area contributed by atoms with Crippen LogP contribution in [0.5, 0.6) is 5.75 Å². The zero-order chi connectivity index (χ0) is 15.6. The zero-order valence-electron chi connectivity index (χ0n) is 11.0. The van der Waals surface area contributed by atoms with Gasteiger partial charge in [0.1, 0.15) is 5.75 Å². The number of nitrogens with zero attached hydrogens (tertiary/aromatic N) is 1. The highest BCUT2D eigenvalue weighted by Gasteiger charge is 2.15. The maximum atomic E-state index is 12.2. The van der Waals surface area contributed by atoms with Gasteiger partial charge in [-0.05, 0) is 47.2 Å². The molecule has 0 heterocycles. The molecule has 21 heavy (non-hydrogen) atoms. The fourth-order valence-electron chi connectivity index (χ4n) is 1.75. The number of amides is 1. The second-order valence-electron chi connectivity index (χ2n) is 4.35. The number of non-ortho nitro benzene ring substituents is 1. The fraction of sp³-hybridized carbons (Fsp3) is 0.0714. The lowest BCUT2D eigenvalue weighted by molar-refractivity contribution is -0.384. The van der Waals surface area contributed by atoms with Gasteiger partial charge in [-0.3, -0.25) is 14.9 Å². The lowest BCUT2D eigenvalue weighted by Gasteiger charge is -2.09. The van der Waals surface area contributed by atoms with Crippen molar-refractivity contribution in [1.29, 1.82) is 0 Å². The number of aryl methyl sites for hydroxylation is 1. The van der Waals surface area contributed by atoms with Gasteiger partial charge in [-0.25, -0.2) is 0 Å². The van der Waals surface area contributed by atoms with Crippen molar-refractivity contribution in [2.45, 2.75) is 6.92 Å². The van der Waals surface area contributed by atoms with Gasteiger partial charge in [0.15, 0.2) is 0 Å². The Morgan fingerprint density at radius 1 is 1.33 bits per heavy atom. The zero-order valence-corrected chi connectivity index (χ0v) is 13.1. The van der Waals surface area contributed by atoms with Crippen molar-refractivity contribution in [3.8, 4) is 5.75 Å². The Labute approximate surface area is 134 Å². The van der Waals surface area contributed by atoms with Crippen LogP contribution in [0.2, 0.25) is 0 Å². The highest BCUT2D eigenvalue weighted by Crippen LogP contribution is 2.28. The highest BCUT2D eigenvalue weighted by molar-refractivity contribution is 14.1. The Balaban J connectivity index is 2.28. The molecule has 0 radical (unpaired) electrons. The molecule has 0 atom stereocenters. The van der Waals surface area contributed by atoms with Crippen LogP contribution in [0.4, 0.5) is 11.4 Å². The number of carbonyl (C=O) groups excluding carboxylic acids is 1. The maximum absolute atomic E-state index is 12.2. The Morgan fingerprint density at radius 2 is 2.05 bits per heavy atom. The molecule has 2 aromatic rings. The monoisotopic (exact) mass is 398 g/mol. The summed E-state index contributed by atoms with van der Waals surface area (Å²) in [4.78, 5) is 22.2. The number of nitrogens with one attached hydrogen (secondary N) is 1. The van der Waals surface area contributed by atoms with Crippen LogP contribution in [0.25, 0.3) is 0 Å². The molecule has 0 aromatic heterocycles. The number of benzene rings is 2. The van der Waals surface area contributed by atoms with E-state index in [-0.39, 0.29) is 23.0 Å². The molecule has 0 aliphatic heterocycles. The van der Waals surface area contributed by atoms with Crippen molar-refractivity contribution in [2.75, 3.05) is 5.32 Å². The molecule has 108 valence electrons. The van der Waals surface area contributed by atoms with Crippen molar-refractivity contribution in [1.82, 2.24) is 0 Å². The first-order chi connectivity index (χ1) is 9.90. The van der Waals surface area contributed by atoms with Gasteiger partial charge < -0.3 is 10.4 Å². The summed E-state index contributed by atoms with van der Waals surface area (Å²) in [5.41, 5.74) is 1.34. The van der Waals surface area contributed by atoms with Crippen LogP contribution in [0, 0.1) is 20.6 Å². The first kappa shape index (κ1) is 15.2. The maximum Gasteiger partial charge on any atom is 0.273 e.